The van der Waals surface area contributed by atoms with Crippen LogP contribution in [0.5, 0.6) is 0 Å². The summed E-state index contributed by atoms with van der Waals surface area (Å²) >= 11 is 10.3. The Hall–Kier alpha value is -3.57. The van der Waals surface area contributed by atoms with Crippen LogP contribution in [0, 0.1) is 13.8 Å². The van der Waals surface area contributed by atoms with Crippen LogP contribution in [-0.2, 0) is 10.5 Å². The Labute approximate surface area is 247 Å². The molecule has 1 N–H and O–H groups in total. The van der Waals surface area contributed by atoms with E-state index in [0.717, 1.165) is 16.0 Å². The summed E-state index contributed by atoms with van der Waals surface area (Å²) < 4.78 is 0.661. The van der Waals surface area contributed by atoms with Crippen LogP contribution in [0.3, 0.4) is 0 Å². The van der Waals surface area contributed by atoms with Gasteiger partial charge in [0.05, 0.1) is 27.2 Å². The van der Waals surface area contributed by atoms with Crippen molar-refractivity contribution in [2.24, 2.45) is 0 Å². The van der Waals surface area contributed by atoms with E-state index in [0.29, 0.717) is 31.2 Å². The number of halogens is 1. The van der Waals surface area contributed by atoms with E-state index < -0.39 is 23.5 Å². The number of carbonyl (C=O) groups excluding carboxylic acids is 2. The molecule has 7 nitrogen and oxygen atoms in total. The Balaban J connectivity index is 1.35. The van der Waals surface area contributed by atoms with Crippen LogP contribution in [0.15, 0.2) is 82.4 Å². The van der Waals surface area contributed by atoms with Crippen molar-refractivity contribution in [3.8, 4) is 0 Å². The molecule has 1 aliphatic rings. The largest absolute Gasteiger partial charge is 0.503 e. The van der Waals surface area contributed by atoms with Crippen molar-refractivity contribution in [3.05, 3.63) is 110 Å². The molecule has 6 rings (SSSR count). The molecule has 5 aromatic rings. The maximum absolute atomic E-state index is 13.8. The van der Waals surface area contributed by atoms with E-state index in [-0.39, 0.29) is 10.7 Å². The Morgan fingerprint density at radius 1 is 1.05 bits per heavy atom. The van der Waals surface area contributed by atoms with E-state index in [1.807, 2.05) is 25.1 Å². The van der Waals surface area contributed by atoms with Gasteiger partial charge in [-0.2, -0.15) is 0 Å². The first-order valence-corrected chi connectivity index (χ1v) is 15.3. The van der Waals surface area contributed by atoms with Crippen LogP contribution in [0.25, 0.3) is 10.8 Å². The summed E-state index contributed by atoms with van der Waals surface area (Å²) in [5.41, 5.74) is 2.26. The quantitative estimate of drug-likeness (QED) is 0.117. The predicted molar refractivity (Wildman–Crippen MR) is 161 cm³/mol. The van der Waals surface area contributed by atoms with Gasteiger partial charge in [0.2, 0.25) is 10.9 Å². The number of fused-ring (bicyclic) bond motifs is 1. The SMILES string of the molecule is Cc1nc(C)c(C(=O)C2=C(O)C(=O)N(c3nnc(SCc4cccc5ccccc45)s3)C2c2cccc(Cl)c2)s1. The highest BCUT2D eigenvalue weighted by Crippen LogP contribution is 2.45. The average Bonchev–Trinajstić information content (AvgIpc) is 3.62. The normalized spacial score (nSPS) is 15.4. The molecule has 0 radical (unpaired) electrons. The molecule has 0 bridgehead atoms. The molecule has 1 unspecified atom stereocenters. The maximum Gasteiger partial charge on any atom is 0.296 e. The van der Waals surface area contributed by atoms with Crippen molar-refractivity contribution >= 4 is 73.6 Å². The molecular formula is C29H21ClN4O3S3. The van der Waals surface area contributed by atoms with E-state index >= 15 is 0 Å². The first kappa shape index (κ1) is 26.6. The van der Waals surface area contributed by atoms with Crippen LogP contribution in [0.1, 0.15) is 37.5 Å². The average molecular weight is 605 g/mol. The molecule has 200 valence electrons. The second kappa shape index (κ2) is 10.8. The molecule has 3 aromatic carbocycles. The van der Waals surface area contributed by atoms with E-state index in [9.17, 15) is 14.7 Å². The number of thioether (sulfide) groups is 1. The number of amides is 1. The molecule has 1 aliphatic heterocycles. The third kappa shape index (κ3) is 4.81. The van der Waals surface area contributed by atoms with Crippen molar-refractivity contribution in [2.75, 3.05) is 4.90 Å². The second-order valence-corrected chi connectivity index (χ2v) is 13.0. The van der Waals surface area contributed by atoms with E-state index in [4.69, 9.17) is 11.6 Å². The number of aromatic nitrogens is 3. The summed E-state index contributed by atoms with van der Waals surface area (Å²) in [5.74, 6) is -1.11. The zero-order valence-electron chi connectivity index (χ0n) is 21.3. The van der Waals surface area contributed by atoms with Crippen molar-refractivity contribution in [2.45, 2.75) is 30.0 Å². The van der Waals surface area contributed by atoms with E-state index in [2.05, 4.69) is 39.4 Å². The highest BCUT2D eigenvalue weighted by molar-refractivity contribution is 8.00. The monoisotopic (exact) mass is 604 g/mol. The summed E-state index contributed by atoms with van der Waals surface area (Å²) in [6, 6.07) is 20.4. The number of aliphatic hydroxyl groups excluding tert-OH is 1. The first-order valence-electron chi connectivity index (χ1n) is 12.3. The third-order valence-corrected chi connectivity index (χ3v) is 9.97. The number of hydrogen-bond acceptors (Lipinski definition) is 9. The highest BCUT2D eigenvalue weighted by Gasteiger charge is 2.46. The van der Waals surface area contributed by atoms with Crippen molar-refractivity contribution in [1.82, 2.24) is 15.2 Å². The van der Waals surface area contributed by atoms with Gasteiger partial charge in [-0.1, -0.05) is 89.3 Å². The molecule has 40 heavy (non-hydrogen) atoms. The Morgan fingerprint density at radius 3 is 2.60 bits per heavy atom. The number of carbonyl (C=O) groups is 2. The number of anilines is 1. The van der Waals surface area contributed by atoms with Crippen molar-refractivity contribution in [1.29, 1.82) is 0 Å². The fourth-order valence-corrected chi connectivity index (χ4v) is 7.75. The van der Waals surface area contributed by atoms with Crippen LogP contribution in [0.2, 0.25) is 5.02 Å². The van der Waals surface area contributed by atoms with Crippen LogP contribution in [0.4, 0.5) is 5.13 Å². The molecule has 0 fully saturated rings. The Morgan fingerprint density at radius 2 is 1.82 bits per heavy atom. The lowest BCUT2D eigenvalue weighted by Crippen LogP contribution is -2.31. The lowest BCUT2D eigenvalue weighted by molar-refractivity contribution is -0.117. The first-order chi connectivity index (χ1) is 19.3. The van der Waals surface area contributed by atoms with Gasteiger partial charge in [-0.3, -0.25) is 14.5 Å². The zero-order valence-corrected chi connectivity index (χ0v) is 24.5. The van der Waals surface area contributed by atoms with E-state index in [1.165, 1.54) is 44.7 Å². The fraction of sp³-hybridized carbons (Fsp3) is 0.138. The molecule has 11 heteroatoms. The minimum Gasteiger partial charge on any atom is -0.503 e. The van der Waals surface area contributed by atoms with Gasteiger partial charge in [0, 0.05) is 10.8 Å². The van der Waals surface area contributed by atoms with Gasteiger partial charge in [0.1, 0.15) is 0 Å². The van der Waals surface area contributed by atoms with Gasteiger partial charge in [-0.25, -0.2) is 4.98 Å². The number of Topliss-reactive ketones (excluding diaryl/α,β-unsaturated/α-hetero) is 1. The van der Waals surface area contributed by atoms with E-state index in [1.54, 1.807) is 31.2 Å². The fourth-order valence-electron chi connectivity index (χ4n) is 4.81. The third-order valence-electron chi connectivity index (χ3n) is 6.56. The number of rotatable bonds is 7. The zero-order chi connectivity index (χ0) is 28.0. The van der Waals surface area contributed by atoms with Crippen molar-refractivity contribution < 1.29 is 14.7 Å². The molecule has 0 saturated heterocycles. The molecule has 0 aliphatic carbocycles. The second-order valence-electron chi connectivity index (χ2n) is 9.15. The number of hydrogen-bond donors (Lipinski definition) is 1. The topological polar surface area (TPSA) is 96.3 Å². The molecule has 0 spiro atoms. The number of ketones is 1. The molecule has 3 heterocycles. The predicted octanol–water partition coefficient (Wildman–Crippen LogP) is 7.49. The van der Waals surface area contributed by atoms with Gasteiger partial charge in [-0.15, -0.1) is 21.5 Å². The molecule has 2 aromatic heterocycles. The summed E-state index contributed by atoms with van der Waals surface area (Å²) in [6.45, 7) is 3.55. The van der Waals surface area contributed by atoms with Gasteiger partial charge in [0.25, 0.3) is 5.91 Å². The van der Waals surface area contributed by atoms with Crippen molar-refractivity contribution in [3.63, 3.8) is 0 Å². The Kier molecular flexibility index (Phi) is 7.18. The minimum atomic E-state index is -0.927. The number of thiazole rings is 1. The molecule has 1 amide bonds. The number of aliphatic hydroxyl groups is 1. The highest BCUT2D eigenvalue weighted by atomic mass is 35.5. The minimum absolute atomic E-state index is 0.0285. The summed E-state index contributed by atoms with van der Waals surface area (Å²) in [5, 5.41) is 23.5. The van der Waals surface area contributed by atoms with Gasteiger partial charge in [0.15, 0.2) is 10.1 Å². The maximum atomic E-state index is 13.8. The van der Waals surface area contributed by atoms with Gasteiger partial charge < -0.3 is 5.11 Å². The van der Waals surface area contributed by atoms with Gasteiger partial charge in [-0.05, 0) is 47.9 Å². The smallest absolute Gasteiger partial charge is 0.296 e. The number of aryl methyl sites for hydroxylation is 2. The van der Waals surface area contributed by atoms with Crippen LogP contribution >= 0.6 is 46.0 Å². The Bertz CT molecular complexity index is 1820. The molecular weight excluding hydrogens is 584 g/mol. The number of benzene rings is 3. The standard InChI is InChI=1S/C29H21ClN4O3S3/c1-15-26(39-16(2)31-15)24(35)22-23(18-9-6-11-20(30)13-18)34(27(37)25(22)36)28-32-33-29(40-28)38-14-19-10-5-8-17-7-3-4-12-21(17)19/h3-13,23,36H,14H2,1-2H3. The van der Waals surface area contributed by atoms with Crippen LogP contribution < -0.4 is 4.90 Å². The lowest BCUT2D eigenvalue weighted by Gasteiger charge is -2.24. The van der Waals surface area contributed by atoms with Gasteiger partial charge >= 0.3 is 0 Å². The molecule has 0 saturated carbocycles. The lowest BCUT2D eigenvalue weighted by atomic mass is 9.95. The summed E-state index contributed by atoms with van der Waals surface area (Å²) in [6.07, 6.45) is 0. The molecule has 1 atom stereocenters. The summed E-state index contributed by atoms with van der Waals surface area (Å²) in [7, 11) is 0. The summed E-state index contributed by atoms with van der Waals surface area (Å²) in [4.78, 5) is 33.3. The number of nitrogens with zero attached hydrogens (tertiary/aromatic N) is 4. The van der Waals surface area contributed by atoms with Crippen LogP contribution in [-0.4, -0.2) is 32.0 Å².